The van der Waals surface area contributed by atoms with Crippen molar-refractivity contribution in [3.05, 3.63) is 87.3 Å². The molecule has 10 nitrogen and oxygen atoms in total. The van der Waals surface area contributed by atoms with Gasteiger partial charge in [-0.25, -0.2) is 18.2 Å². The predicted molar refractivity (Wildman–Crippen MR) is 153 cm³/mol. The number of anilines is 3. The van der Waals surface area contributed by atoms with Crippen molar-refractivity contribution < 1.29 is 23.1 Å². The lowest BCUT2D eigenvalue weighted by atomic mass is 9.85. The van der Waals surface area contributed by atoms with Crippen molar-refractivity contribution >= 4 is 29.3 Å². The maximum Gasteiger partial charge on any atom is 0.293 e. The normalized spacial score (nSPS) is 11.5. The molecule has 4 aromatic rings. The van der Waals surface area contributed by atoms with Crippen LogP contribution in [0.5, 0.6) is 0 Å². The van der Waals surface area contributed by atoms with E-state index < -0.39 is 42.3 Å². The molecule has 0 fully saturated rings. The van der Waals surface area contributed by atoms with Crippen LogP contribution in [-0.4, -0.2) is 43.0 Å². The monoisotopic (exact) mass is 581 g/mol. The SMILES string of the molecule is Cn1cc(-c2cccc(NC(=O)c3c(F)cc(C(C)(C)C)cc3C=N)c2CO)nc(Nc2cnn(CC(F)F)c2)c1=O. The van der Waals surface area contributed by atoms with E-state index in [2.05, 4.69) is 20.7 Å². The summed E-state index contributed by atoms with van der Waals surface area (Å²) in [6.45, 7) is 4.52. The van der Waals surface area contributed by atoms with Crippen LogP contribution in [0.15, 0.2) is 53.7 Å². The molecule has 13 heteroatoms. The molecule has 0 unspecified atom stereocenters. The Bertz CT molecular complexity index is 1710. The molecule has 0 aliphatic heterocycles. The van der Waals surface area contributed by atoms with Crippen LogP contribution in [0.1, 0.15) is 47.8 Å². The minimum absolute atomic E-state index is 0.103. The summed E-state index contributed by atoms with van der Waals surface area (Å²) in [5.41, 5.74) is 0.807. The highest BCUT2D eigenvalue weighted by molar-refractivity contribution is 6.09. The number of benzene rings is 2. The third-order valence-electron chi connectivity index (χ3n) is 6.52. The largest absolute Gasteiger partial charge is 0.392 e. The highest BCUT2D eigenvalue weighted by Crippen LogP contribution is 2.31. The molecule has 4 N–H and O–H groups in total. The smallest absolute Gasteiger partial charge is 0.293 e. The number of hydrogen-bond acceptors (Lipinski definition) is 7. The van der Waals surface area contributed by atoms with Crippen LogP contribution in [0.25, 0.3) is 11.3 Å². The Morgan fingerprint density at radius 2 is 1.95 bits per heavy atom. The first kappa shape index (κ1) is 30.2. The molecule has 220 valence electrons. The third-order valence-corrected chi connectivity index (χ3v) is 6.52. The van der Waals surface area contributed by atoms with E-state index in [9.17, 15) is 23.5 Å². The Labute approximate surface area is 239 Å². The van der Waals surface area contributed by atoms with E-state index in [0.29, 0.717) is 11.1 Å². The van der Waals surface area contributed by atoms with Crippen molar-refractivity contribution in [1.82, 2.24) is 19.3 Å². The van der Waals surface area contributed by atoms with Gasteiger partial charge in [0.15, 0.2) is 5.82 Å². The van der Waals surface area contributed by atoms with Gasteiger partial charge in [-0.3, -0.25) is 14.3 Å². The summed E-state index contributed by atoms with van der Waals surface area (Å²) in [6.07, 6.45) is 2.34. The van der Waals surface area contributed by atoms with Crippen molar-refractivity contribution in [3.8, 4) is 11.3 Å². The second-order valence-electron chi connectivity index (χ2n) is 10.6. The van der Waals surface area contributed by atoms with Crippen LogP contribution >= 0.6 is 0 Å². The molecule has 0 saturated heterocycles. The molecular formula is C29H30F3N7O3. The first-order chi connectivity index (χ1) is 19.8. The lowest BCUT2D eigenvalue weighted by Gasteiger charge is -2.21. The van der Waals surface area contributed by atoms with E-state index in [4.69, 9.17) is 5.41 Å². The molecule has 2 heterocycles. The average Bonchev–Trinajstić information content (AvgIpc) is 3.35. The lowest BCUT2D eigenvalue weighted by molar-refractivity contribution is 0.102. The van der Waals surface area contributed by atoms with Gasteiger partial charge in [0.25, 0.3) is 17.9 Å². The number of amides is 1. The number of aromatic nitrogens is 4. The van der Waals surface area contributed by atoms with Crippen LogP contribution in [-0.2, 0) is 25.6 Å². The van der Waals surface area contributed by atoms with E-state index in [1.165, 1.54) is 42.3 Å². The molecule has 2 aromatic carbocycles. The highest BCUT2D eigenvalue weighted by Gasteiger charge is 2.23. The quantitative estimate of drug-likeness (QED) is 0.209. The summed E-state index contributed by atoms with van der Waals surface area (Å²) >= 11 is 0. The van der Waals surface area contributed by atoms with Crippen molar-refractivity contribution in [1.29, 1.82) is 5.41 Å². The summed E-state index contributed by atoms with van der Waals surface area (Å²) < 4.78 is 42.8. The first-order valence-corrected chi connectivity index (χ1v) is 12.9. The van der Waals surface area contributed by atoms with Crippen LogP contribution in [0.2, 0.25) is 0 Å². The second kappa shape index (κ2) is 12.0. The maximum absolute atomic E-state index is 15.2. The number of aliphatic hydroxyl groups excluding tert-OH is 1. The number of nitrogens with zero attached hydrogens (tertiary/aromatic N) is 4. The van der Waals surface area contributed by atoms with Crippen LogP contribution < -0.4 is 16.2 Å². The molecule has 0 atom stereocenters. The van der Waals surface area contributed by atoms with Gasteiger partial charge >= 0.3 is 0 Å². The van der Waals surface area contributed by atoms with Crippen molar-refractivity contribution in [3.63, 3.8) is 0 Å². The number of aliphatic hydroxyl groups is 1. The van der Waals surface area contributed by atoms with Gasteiger partial charge in [0.2, 0.25) is 0 Å². The summed E-state index contributed by atoms with van der Waals surface area (Å²) in [6, 6.07) is 7.60. The van der Waals surface area contributed by atoms with Crippen LogP contribution in [0.3, 0.4) is 0 Å². The van der Waals surface area contributed by atoms with Gasteiger partial charge in [-0.05, 0) is 29.2 Å². The van der Waals surface area contributed by atoms with E-state index in [1.807, 2.05) is 20.8 Å². The molecule has 0 spiro atoms. The topological polar surface area (TPSA) is 138 Å². The number of nitrogens with one attached hydrogen (secondary N) is 3. The second-order valence-corrected chi connectivity index (χ2v) is 10.6. The summed E-state index contributed by atoms with van der Waals surface area (Å²) in [5.74, 6) is -1.72. The number of aryl methyl sites for hydroxylation is 1. The molecule has 0 radical (unpaired) electrons. The standard InChI is InChI=1S/C29H30F3N7O3/c1-29(2,3)17-8-16(10-33)25(21(30)9-17)27(41)37-22-7-5-6-19(20(22)15-40)23-13-38(4)28(42)26(36-23)35-18-11-34-39(12-18)14-24(31)32/h5-13,24,33,40H,14-15H2,1-4H3,(H,35,36)(H,37,41). The Hall–Kier alpha value is -4.78. The molecule has 0 saturated carbocycles. The zero-order chi connectivity index (χ0) is 30.8. The fourth-order valence-corrected chi connectivity index (χ4v) is 4.34. The fraction of sp³-hybridized carbons (Fsp3) is 0.276. The Morgan fingerprint density at radius 1 is 1.21 bits per heavy atom. The zero-order valence-electron chi connectivity index (χ0n) is 23.4. The third kappa shape index (κ3) is 6.41. The number of rotatable bonds is 9. The van der Waals surface area contributed by atoms with Crippen molar-refractivity contribution in [2.24, 2.45) is 7.05 Å². The summed E-state index contributed by atoms with van der Waals surface area (Å²) in [4.78, 5) is 30.4. The zero-order valence-corrected chi connectivity index (χ0v) is 23.4. The highest BCUT2D eigenvalue weighted by atomic mass is 19.3. The minimum atomic E-state index is -2.60. The van der Waals surface area contributed by atoms with Gasteiger partial charge in [0, 0.05) is 48.0 Å². The number of carbonyl (C=O) groups excluding carboxylic acids is 1. The average molecular weight is 582 g/mol. The van der Waals surface area contributed by atoms with E-state index in [1.54, 1.807) is 18.2 Å². The summed E-state index contributed by atoms with van der Waals surface area (Å²) in [5, 5.41) is 27.3. The van der Waals surface area contributed by atoms with Gasteiger partial charge < -0.3 is 25.7 Å². The van der Waals surface area contributed by atoms with Crippen molar-refractivity contribution in [2.45, 2.75) is 45.8 Å². The first-order valence-electron chi connectivity index (χ1n) is 12.9. The van der Waals surface area contributed by atoms with Crippen molar-refractivity contribution in [2.75, 3.05) is 10.6 Å². The summed E-state index contributed by atoms with van der Waals surface area (Å²) in [7, 11) is 1.49. The Morgan fingerprint density at radius 3 is 2.60 bits per heavy atom. The van der Waals surface area contributed by atoms with E-state index in [0.717, 1.165) is 10.9 Å². The molecule has 0 bridgehead atoms. The van der Waals surface area contributed by atoms with Gasteiger partial charge in [0.1, 0.15) is 12.4 Å². The maximum atomic E-state index is 15.2. The van der Waals surface area contributed by atoms with Crippen LogP contribution in [0.4, 0.5) is 30.4 Å². The van der Waals surface area contributed by atoms with Gasteiger partial charge in [-0.15, -0.1) is 0 Å². The Kier molecular flexibility index (Phi) is 8.62. The molecule has 1 amide bonds. The number of halogens is 3. The lowest BCUT2D eigenvalue weighted by Crippen LogP contribution is -2.22. The molecule has 2 aromatic heterocycles. The minimum Gasteiger partial charge on any atom is -0.392 e. The molecule has 0 aliphatic rings. The van der Waals surface area contributed by atoms with Crippen LogP contribution in [0, 0.1) is 11.2 Å². The number of alkyl halides is 2. The number of carbonyl (C=O) groups is 1. The number of hydrogen-bond donors (Lipinski definition) is 4. The van der Waals surface area contributed by atoms with E-state index in [-0.39, 0.29) is 39.6 Å². The van der Waals surface area contributed by atoms with Gasteiger partial charge in [0.05, 0.1) is 29.7 Å². The molecule has 4 rings (SSSR count). The van der Waals surface area contributed by atoms with E-state index >= 15 is 4.39 Å². The Balaban J connectivity index is 1.70. The van der Waals surface area contributed by atoms with Gasteiger partial charge in [-0.1, -0.05) is 32.9 Å². The molecule has 42 heavy (non-hydrogen) atoms. The predicted octanol–water partition coefficient (Wildman–Crippen LogP) is 4.83. The fourth-order valence-electron chi connectivity index (χ4n) is 4.34. The van der Waals surface area contributed by atoms with Gasteiger partial charge in [-0.2, -0.15) is 5.10 Å². The molecular weight excluding hydrogens is 551 g/mol. The molecule has 0 aliphatic carbocycles.